The Bertz CT molecular complexity index is 311. The van der Waals surface area contributed by atoms with Gasteiger partial charge in [-0.25, -0.2) is 9.37 Å². The van der Waals surface area contributed by atoms with Crippen molar-refractivity contribution in [1.29, 1.82) is 0 Å². The van der Waals surface area contributed by atoms with Crippen LogP contribution in [0.15, 0.2) is 18.3 Å². The van der Waals surface area contributed by atoms with Gasteiger partial charge in [0.25, 0.3) is 0 Å². The minimum atomic E-state index is -1.02. The van der Waals surface area contributed by atoms with E-state index in [0.717, 1.165) is 12.2 Å². The van der Waals surface area contributed by atoms with Crippen LogP contribution < -0.4 is 4.90 Å². The molecule has 3 heteroatoms. The molecule has 0 radical (unpaired) electrons. The first kappa shape index (κ1) is 9.44. The summed E-state index contributed by atoms with van der Waals surface area (Å²) in [7, 11) is 0. The average molecular weight is 194 g/mol. The lowest BCUT2D eigenvalue weighted by Gasteiger charge is -2.42. The molecule has 1 fully saturated rings. The molecular formula is C11H15FN2. The van der Waals surface area contributed by atoms with Crippen LogP contribution in [0.1, 0.15) is 19.4 Å². The second kappa shape index (κ2) is 3.23. The summed E-state index contributed by atoms with van der Waals surface area (Å²) < 4.78 is 13.2. The highest BCUT2D eigenvalue weighted by Crippen LogP contribution is 2.28. The van der Waals surface area contributed by atoms with E-state index in [4.69, 9.17) is 0 Å². The minimum absolute atomic E-state index is 0.464. The predicted molar refractivity (Wildman–Crippen MR) is 55.3 cm³/mol. The van der Waals surface area contributed by atoms with E-state index in [1.807, 2.05) is 17.2 Å². The lowest BCUT2D eigenvalue weighted by atomic mass is 9.99. The first-order chi connectivity index (χ1) is 6.61. The lowest BCUT2D eigenvalue weighted by Crippen LogP contribution is -2.57. The number of rotatable bonds is 2. The van der Waals surface area contributed by atoms with Gasteiger partial charge < -0.3 is 4.90 Å². The molecule has 0 saturated carbocycles. The van der Waals surface area contributed by atoms with Crippen LogP contribution in [0, 0.1) is 0 Å². The van der Waals surface area contributed by atoms with Crippen LogP contribution in [-0.2, 0) is 6.42 Å². The van der Waals surface area contributed by atoms with Crippen molar-refractivity contribution in [1.82, 2.24) is 4.98 Å². The van der Waals surface area contributed by atoms with Gasteiger partial charge in [-0.15, -0.1) is 0 Å². The fourth-order valence-electron chi connectivity index (χ4n) is 1.72. The highest BCUT2D eigenvalue weighted by molar-refractivity contribution is 5.44. The van der Waals surface area contributed by atoms with Crippen molar-refractivity contribution in [2.24, 2.45) is 0 Å². The van der Waals surface area contributed by atoms with E-state index in [1.54, 1.807) is 6.92 Å². The molecule has 1 aromatic rings. The first-order valence-electron chi connectivity index (χ1n) is 4.99. The Morgan fingerprint density at radius 1 is 1.50 bits per heavy atom. The van der Waals surface area contributed by atoms with Gasteiger partial charge in [0.1, 0.15) is 11.5 Å². The molecule has 0 N–H and O–H groups in total. The van der Waals surface area contributed by atoms with Gasteiger partial charge in [-0.2, -0.15) is 0 Å². The number of aryl methyl sites for hydroxylation is 1. The molecule has 0 unspecified atom stereocenters. The zero-order valence-corrected chi connectivity index (χ0v) is 8.63. The van der Waals surface area contributed by atoms with E-state index in [0.29, 0.717) is 13.1 Å². The monoisotopic (exact) mass is 194 g/mol. The molecule has 1 saturated heterocycles. The maximum absolute atomic E-state index is 13.2. The Hall–Kier alpha value is -1.12. The van der Waals surface area contributed by atoms with E-state index in [-0.39, 0.29) is 0 Å². The van der Waals surface area contributed by atoms with Gasteiger partial charge >= 0.3 is 0 Å². The van der Waals surface area contributed by atoms with Gasteiger partial charge in [-0.05, 0) is 25.0 Å². The number of hydrogen-bond donors (Lipinski definition) is 0. The predicted octanol–water partition coefficient (Wildman–Crippen LogP) is 2.19. The van der Waals surface area contributed by atoms with Gasteiger partial charge in [-0.1, -0.05) is 13.0 Å². The summed E-state index contributed by atoms with van der Waals surface area (Å²) in [5.74, 6) is 0.886. The molecule has 0 aliphatic carbocycles. The molecule has 1 aliphatic heterocycles. The molecule has 1 aromatic heterocycles. The van der Waals surface area contributed by atoms with Gasteiger partial charge in [0, 0.05) is 6.20 Å². The summed E-state index contributed by atoms with van der Waals surface area (Å²) in [5.41, 5.74) is 0.197. The molecule has 0 spiro atoms. The Balaban J connectivity index is 2.05. The molecule has 2 rings (SSSR count). The van der Waals surface area contributed by atoms with Crippen LogP contribution in [0.3, 0.4) is 0 Å². The number of hydrogen-bond acceptors (Lipinski definition) is 2. The molecule has 1 aliphatic rings. The molecule has 76 valence electrons. The van der Waals surface area contributed by atoms with Crippen molar-refractivity contribution in [3.05, 3.63) is 23.9 Å². The van der Waals surface area contributed by atoms with E-state index in [2.05, 4.69) is 18.0 Å². The fraction of sp³-hybridized carbons (Fsp3) is 0.545. The summed E-state index contributed by atoms with van der Waals surface area (Å²) in [4.78, 5) is 6.25. The van der Waals surface area contributed by atoms with Gasteiger partial charge in [0.2, 0.25) is 0 Å². The van der Waals surface area contributed by atoms with Gasteiger partial charge in [0.05, 0.1) is 13.1 Å². The number of nitrogens with zero attached hydrogens (tertiary/aromatic N) is 2. The Kier molecular flexibility index (Phi) is 2.17. The van der Waals surface area contributed by atoms with Crippen LogP contribution >= 0.6 is 0 Å². The molecule has 2 heterocycles. The summed E-state index contributed by atoms with van der Waals surface area (Å²) >= 11 is 0. The van der Waals surface area contributed by atoms with Crippen LogP contribution in [0.2, 0.25) is 0 Å². The summed E-state index contributed by atoms with van der Waals surface area (Å²) in [6, 6.07) is 4.02. The largest absolute Gasteiger partial charge is 0.350 e. The molecule has 14 heavy (non-hydrogen) atoms. The molecule has 0 atom stereocenters. The number of anilines is 1. The molecular weight excluding hydrogens is 179 g/mol. The maximum atomic E-state index is 13.2. The fourth-order valence-corrected chi connectivity index (χ4v) is 1.72. The van der Waals surface area contributed by atoms with Crippen molar-refractivity contribution < 1.29 is 4.39 Å². The maximum Gasteiger partial charge on any atom is 0.143 e. The normalized spacial score (nSPS) is 19.2. The van der Waals surface area contributed by atoms with Gasteiger partial charge in [-0.3, -0.25) is 0 Å². The van der Waals surface area contributed by atoms with Crippen LogP contribution in [0.4, 0.5) is 10.2 Å². The number of alkyl halides is 1. The Morgan fingerprint density at radius 2 is 2.21 bits per heavy atom. The van der Waals surface area contributed by atoms with Crippen LogP contribution in [0.5, 0.6) is 0 Å². The second-order valence-electron chi connectivity index (χ2n) is 4.15. The van der Waals surface area contributed by atoms with E-state index in [1.165, 1.54) is 5.56 Å². The second-order valence-corrected chi connectivity index (χ2v) is 4.15. The van der Waals surface area contributed by atoms with Crippen molar-refractivity contribution in [3.8, 4) is 0 Å². The molecule has 0 bridgehead atoms. The van der Waals surface area contributed by atoms with E-state index >= 15 is 0 Å². The Morgan fingerprint density at radius 3 is 2.64 bits per heavy atom. The molecule has 0 aromatic carbocycles. The molecule has 0 amide bonds. The zero-order chi connectivity index (χ0) is 10.2. The van der Waals surface area contributed by atoms with Gasteiger partial charge in [0.15, 0.2) is 0 Å². The number of pyridine rings is 1. The smallest absolute Gasteiger partial charge is 0.143 e. The van der Waals surface area contributed by atoms with E-state index in [9.17, 15) is 4.39 Å². The minimum Gasteiger partial charge on any atom is -0.350 e. The van der Waals surface area contributed by atoms with Crippen molar-refractivity contribution in [3.63, 3.8) is 0 Å². The summed E-state index contributed by atoms with van der Waals surface area (Å²) in [6.07, 6.45) is 2.86. The third kappa shape index (κ3) is 1.72. The first-order valence-corrected chi connectivity index (χ1v) is 4.99. The van der Waals surface area contributed by atoms with Crippen molar-refractivity contribution >= 4 is 5.82 Å². The summed E-state index contributed by atoms with van der Waals surface area (Å²) in [6.45, 7) is 4.65. The highest BCUT2D eigenvalue weighted by atomic mass is 19.1. The topological polar surface area (TPSA) is 16.1 Å². The van der Waals surface area contributed by atoms with Crippen LogP contribution in [-0.4, -0.2) is 23.7 Å². The highest BCUT2D eigenvalue weighted by Gasteiger charge is 2.39. The lowest BCUT2D eigenvalue weighted by molar-refractivity contribution is 0.144. The third-order valence-electron chi connectivity index (χ3n) is 2.58. The van der Waals surface area contributed by atoms with Crippen LogP contribution in [0.25, 0.3) is 0 Å². The molecule has 2 nitrogen and oxygen atoms in total. The quantitative estimate of drug-likeness (QED) is 0.717. The van der Waals surface area contributed by atoms with Crippen molar-refractivity contribution in [2.75, 3.05) is 18.0 Å². The SMILES string of the molecule is CCc1ccc(N2CC(C)(F)C2)nc1. The number of aromatic nitrogens is 1. The zero-order valence-electron chi connectivity index (χ0n) is 8.63. The van der Waals surface area contributed by atoms with Crippen molar-refractivity contribution in [2.45, 2.75) is 25.9 Å². The Labute approximate surface area is 83.8 Å². The number of halogens is 1. The summed E-state index contributed by atoms with van der Waals surface area (Å²) in [5, 5.41) is 0. The van der Waals surface area contributed by atoms with E-state index < -0.39 is 5.67 Å². The third-order valence-corrected chi connectivity index (χ3v) is 2.58. The average Bonchev–Trinajstić information content (AvgIpc) is 2.14. The standard InChI is InChI=1S/C11H15FN2/c1-3-9-4-5-10(13-6-9)14-7-11(2,12)8-14/h4-6H,3,7-8H2,1-2H3.